The van der Waals surface area contributed by atoms with E-state index < -0.39 is 0 Å². The van der Waals surface area contributed by atoms with Crippen molar-refractivity contribution in [2.24, 2.45) is 0 Å². The first kappa shape index (κ1) is 26.0. The summed E-state index contributed by atoms with van der Waals surface area (Å²) >= 11 is 0. The van der Waals surface area contributed by atoms with Gasteiger partial charge in [0.25, 0.3) is 13.4 Å². The van der Waals surface area contributed by atoms with Gasteiger partial charge in [-0.05, 0) is 69.8 Å². The number of nitrogens with zero attached hydrogens (tertiary/aromatic N) is 1. The Balaban J connectivity index is 1.33. The fraction of sp³-hybridized carbons (Fsp3) is 0. The standard InChI is InChI=1S/C42H25B2NO3/c1-7-19-33-26(13-1)27-14-2-8-20-34(27)45(33)41-32(43-28-15-3-9-21-35(28)46-36-22-10-4-16-29(36)43)25-39-40-42(41)48-38-24-12-6-18-31(38)44(40)30-17-5-11-23-37(30)47-39/h1-25H. The Bertz CT molecular complexity index is 2530. The molecule has 0 bridgehead atoms. The normalized spacial score (nSPS) is 13.4. The third kappa shape index (κ3) is 3.46. The van der Waals surface area contributed by atoms with Crippen LogP contribution in [0.2, 0.25) is 0 Å². The van der Waals surface area contributed by atoms with Crippen LogP contribution in [0.3, 0.4) is 0 Å². The lowest BCUT2D eigenvalue weighted by atomic mass is 9.32. The summed E-state index contributed by atoms with van der Waals surface area (Å²) in [4.78, 5) is 0. The highest BCUT2D eigenvalue weighted by molar-refractivity contribution is 7.00. The minimum atomic E-state index is -0.150. The molecular weight excluding hydrogens is 588 g/mol. The van der Waals surface area contributed by atoms with E-state index in [2.05, 4.69) is 138 Å². The first-order chi connectivity index (χ1) is 23.8. The molecule has 0 unspecified atom stereocenters. The van der Waals surface area contributed by atoms with E-state index >= 15 is 0 Å². The minimum absolute atomic E-state index is 0.0416. The molecule has 3 aliphatic heterocycles. The van der Waals surface area contributed by atoms with Crippen molar-refractivity contribution in [1.82, 2.24) is 4.57 Å². The summed E-state index contributed by atoms with van der Waals surface area (Å²) < 4.78 is 23.0. The van der Waals surface area contributed by atoms with E-state index in [0.717, 1.165) is 84.0 Å². The third-order valence-corrected chi connectivity index (χ3v) is 10.3. The molecule has 8 aromatic rings. The van der Waals surface area contributed by atoms with Gasteiger partial charge in [-0.15, -0.1) is 0 Å². The van der Waals surface area contributed by atoms with Crippen molar-refractivity contribution >= 4 is 68.0 Å². The number of hydrogen-bond donors (Lipinski definition) is 0. The Morgan fingerprint density at radius 3 is 1.33 bits per heavy atom. The van der Waals surface area contributed by atoms with Gasteiger partial charge in [-0.3, -0.25) is 0 Å². The maximum absolute atomic E-state index is 7.17. The fourth-order valence-corrected chi connectivity index (χ4v) is 8.31. The Morgan fingerprint density at radius 2 is 0.792 bits per heavy atom. The lowest BCUT2D eigenvalue weighted by molar-refractivity contribution is 0.464. The summed E-state index contributed by atoms with van der Waals surface area (Å²) in [5.74, 6) is 5.11. The zero-order valence-electron chi connectivity index (χ0n) is 25.8. The molecule has 4 heterocycles. The van der Waals surface area contributed by atoms with Crippen LogP contribution in [0.1, 0.15) is 0 Å². The van der Waals surface area contributed by atoms with E-state index in [4.69, 9.17) is 14.2 Å². The molecule has 0 aliphatic carbocycles. The highest BCUT2D eigenvalue weighted by atomic mass is 16.5. The van der Waals surface area contributed by atoms with Gasteiger partial charge in [0, 0.05) is 16.2 Å². The molecule has 48 heavy (non-hydrogen) atoms. The predicted octanol–water partition coefficient (Wildman–Crippen LogP) is 6.13. The van der Waals surface area contributed by atoms with Crippen molar-refractivity contribution in [2.75, 3.05) is 0 Å². The number of benzene rings is 7. The second-order valence-electron chi connectivity index (χ2n) is 12.7. The number of rotatable bonds is 2. The predicted molar refractivity (Wildman–Crippen MR) is 196 cm³/mol. The van der Waals surface area contributed by atoms with Gasteiger partial charge in [-0.2, -0.15) is 0 Å². The van der Waals surface area contributed by atoms with Crippen LogP contribution in [0, 0.1) is 0 Å². The number of para-hydroxylation sites is 6. The minimum Gasteiger partial charge on any atom is -0.458 e. The van der Waals surface area contributed by atoms with Gasteiger partial charge in [0.15, 0.2) is 0 Å². The van der Waals surface area contributed by atoms with Gasteiger partial charge in [0.1, 0.15) is 34.5 Å². The quantitative estimate of drug-likeness (QED) is 0.220. The first-order valence-corrected chi connectivity index (χ1v) is 16.4. The molecule has 7 aromatic carbocycles. The van der Waals surface area contributed by atoms with Gasteiger partial charge in [0.05, 0.1) is 16.7 Å². The second-order valence-corrected chi connectivity index (χ2v) is 12.7. The average molecular weight is 613 g/mol. The third-order valence-electron chi connectivity index (χ3n) is 10.3. The summed E-state index contributed by atoms with van der Waals surface area (Å²) in [6.07, 6.45) is 0. The molecule has 3 aliphatic rings. The van der Waals surface area contributed by atoms with Crippen molar-refractivity contribution in [3.8, 4) is 40.2 Å². The number of aromatic nitrogens is 1. The summed E-state index contributed by atoms with van der Waals surface area (Å²) in [6, 6.07) is 53.3. The molecule has 6 heteroatoms. The molecule has 0 radical (unpaired) electrons. The Kier molecular flexibility index (Phi) is 5.25. The van der Waals surface area contributed by atoms with Crippen LogP contribution >= 0.6 is 0 Å². The van der Waals surface area contributed by atoms with E-state index in [1.807, 2.05) is 18.2 Å². The maximum Gasteiger partial charge on any atom is 0.260 e. The van der Waals surface area contributed by atoms with Crippen molar-refractivity contribution in [1.29, 1.82) is 0 Å². The van der Waals surface area contributed by atoms with Crippen LogP contribution in [0.4, 0.5) is 0 Å². The van der Waals surface area contributed by atoms with Gasteiger partial charge in [-0.25, -0.2) is 0 Å². The largest absolute Gasteiger partial charge is 0.458 e. The fourth-order valence-electron chi connectivity index (χ4n) is 8.31. The Hall–Kier alpha value is -6.13. The summed E-state index contributed by atoms with van der Waals surface area (Å²) in [5, 5.41) is 2.40. The van der Waals surface area contributed by atoms with E-state index in [9.17, 15) is 0 Å². The molecule has 11 rings (SSSR count). The molecule has 0 spiro atoms. The topological polar surface area (TPSA) is 32.6 Å². The van der Waals surface area contributed by atoms with Crippen LogP contribution in [-0.2, 0) is 0 Å². The van der Waals surface area contributed by atoms with Crippen LogP contribution in [0.5, 0.6) is 34.5 Å². The summed E-state index contributed by atoms with van der Waals surface area (Å²) in [6.45, 7) is -0.192. The zero-order chi connectivity index (χ0) is 31.3. The average Bonchev–Trinajstić information content (AvgIpc) is 3.47. The highest BCUT2D eigenvalue weighted by Crippen LogP contribution is 2.41. The van der Waals surface area contributed by atoms with Crippen LogP contribution in [0.15, 0.2) is 152 Å². The molecule has 222 valence electrons. The van der Waals surface area contributed by atoms with Crippen molar-refractivity contribution in [3.63, 3.8) is 0 Å². The molecule has 0 saturated carbocycles. The number of hydrogen-bond acceptors (Lipinski definition) is 3. The van der Waals surface area contributed by atoms with Crippen LogP contribution < -0.4 is 47.0 Å². The summed E-state index contributed by atoms with van der Waals surface area (Å²) in [7, 11) is 0. The molecule has 0 saturated heterocycles. The van der Waals surface area contributed by atoms with Crippen molar-refractivity contribution in [3.05, 3.63) is 152 Å². The van der Waals surface area contributed by atoms with E-state index in [1.54, 1.807) is 0 Å². The lowest BCUT2D eigenvalue weighted by Gasteiger charge is -2.36. The van der Waals surface area contributed by atoms with Gasteiger partial charge in [0.2, 0.25) is 0 Å². The molecule has 0 fully saturated rings. The highest BCUT2D eigenvalue weighted by Gasteiger charge is 2.44. The smallest absolute Gasteiger partial charge is 0.260 e. The Morgan fingerprint density at radius 1 is 0.375 bits per heavy atom. The van der Waals surface area contributed by atoms with Crippen molar-refractivity contribution in [2.45, 2.75) is 0 Å². The molecule has 0 atom stereocenters. The monoisotopic (exact) mass is 613 g/mol. The van der Waals surface area contributed by atoms with Gasteiger partial charge < -0.3 is 18.8 Å². The first-order valence-electron chi connectivity index (χ1n) is 16.4. The van der Waals surface area contributed by atoms with Crippen LogP contribution in [0.25, 0.3) is 27.5 Å². The number of fused-ring (bicyclic) bond motifs is 9. The summed E-state index contributed by atoms with van der Waals surface area (Å²) in [5.41, 5.74) is 9.92. The van der Waals surface area contributed by atoms with Crippen molar-refractivity contribution < 1.29 is 14.2 Å². The van der Waals surface area contributed by atoms with Gasteiger partial charge >= 0.3 is 0 Å². The molecule has 4 nitrogen and oxygen atoms in total. The molecule has 0 amide bonds. The second kappa shape index (κ2) is 9.69. The van der Waals surface area contributed by atoms with Crippen LogP contribution in [-0.4, -0.2) is 18.0 Å². The zero-order valence-corrected chi connectivity index (χ0v) is 25.8. The molecular formula is C42H25B2NO3. The molecule has 0 N–H and O–H groups in total. The molecule has 1 aromatic heterocycles. The number of ether oxygens (including phenoxy) is 3. The van der Waals surface area contributed by atoms with E-state index in [1.165, 1.54) is 10.8 Å². The SMILES string of the molecule is c1ccc2c(c1)Oc1ccccc1B2c1cc2c3c(c1-n1c4ccccc4c4ccccc41)Oc1ccccc1B3c1ccccc1O2. The Labute approximate surface area is 277 Å². The van der Waals surface area contributed by atoms with E-state index in [-0.39, 0.29) is 13.4 Å². The maximum atomic E-state index is 7.17. The van der Waals surface area contributed by atoms with E-state index in [0.29, 0.717) is 0 Å². The van der Waals surface area contributed by atoms with Gasteiger partial charge in [-0.1, -0.05) is 109 Å². The lowest BCUT2D eigenvalue weighted by Crippen LogP contribution is -2.60.